The van der Waals surface area contributed by atoms with E-state index in [-0.39, 0.29) is 6.54 Å². The van der Waals surface area contributed by atoms with Gasteiger partial charge in [0.15, 0.2) is 5.60 Å². The molecule has 0 fully saturated rings. The Morgan fingerprint density at radius 1 is 1.58 bits per heavy atom. The van der Waals surface area contributed by atoms with E-state index >= 15 is 0 Å². The molecule has 8 heteroatoms. The Morgan fingerprint density at radius 2 is 2.21 bits per heavy atom. The summed E-state index contributed by atoms with van der Waals surface area (Å²) in [5.74, 6) is -1.38. The molecule has 0 saturated carbocycles. The third-order valence-corrected chi connectivity index (χ3v) is 4.09. The second-order valence-corrected chi connectivity index (χ2v) is 6.24. The Balaban J connectivity index is 2.47. The highest BCUT2D eigenvalue weighted by atomic mass is 79.9. The lowest BCUT2D eigenvalue weighted by atomic mass is 10.1. The summed E-state index contributed by atoms with van der Waals surface area (Å²) < 4.78 is 0.954. The van der Waals surface area contributed by atoms with Gasteiger partial charge in [-0.15, -0.1) is 11.3 Å². The van der Waals surface area contributed by atoms with Crippen molar-refractivity contribution in [3.8, 4) is 0 Å². The van der Waals surface area contributed by atoms with Gasteiger partial charge in [-0.25, -0.2) is 9.59 Å². The molecule has 106 valence electrons. The van der Waals surface area contributed by atoms with Crippen LogP contribution in [0.1, 0.15) is 11.8 Å². The molecule has 0 saturated heterocycles. The third kappa shape index (κ3) is 4.81. The van der Waals surface area contributed by atoms with Crippen LogP contribution in [0, 0.1) is 0 Å². The van der Waals surface area contributed by atoms with Crippen LogP contribution in [0.5, 0.6) is 0 Å². The van der Waals surface area contributed by atoms with E-state index < -0.39 is 17.6 Å². The lowest BCUT2D eigenvalue weighted by Crippen LogP contribution is -2.49. The van der Waals surface area contributed by atoms with Crippen molar-refractivity contribution in [1.82, 2.24) is 10.2 Å². The van der Waals surface area contributed by atoms with Gasteiger partial charge < -0.3 is 20.4 Å². The number of aliphatic hydroxyl groups is 1. The molecule has 0 aliphatic carbocycles. The zero-order chi connectivity index (χ0) is 14.6. The molecule has 1 rings (SSSR count). The predicted octanol–water partition coefficient (Wildman–Crippen LogP) is 1.49. The van der Waals surface area contributed by atoms with Crippen molar-refractivity contribution in [3.05, 3.63) is 20.8 Å². The number of hydrogen-bond donors (Lipinski definition) is 3. The highest BCUT2D eigenvalue weighted by molar-refractivity contribution is 9.10. The van der Waals surface area contributed by atoms with Crippen LogP contribution in [-0.2, 0) is 11.3 Å². The second kappa shape index (κ2) is 6.36. The molecule has 6 nitrogen and oxygen atoms in total. The van der Waals surface area contributed by atoms with Crippen molar-refractivity contribution in [2.24, 2.45) is 0 Å². The van der Waals surface area contributed by atoms with E-state index in [1.165, 1.54) is 16.2 Å². The number of carboxylic acids is 1. The molecule has 0 aliphatic rings. The fourth-order valence-corrected chi connectivity index (χ4v) is 2.70. The number of carbonyl (C=O) groups excluding carboxylic acids is 1. The smallest absolute Gasteiger partial charge is 0.337 e. The van der Waals surface area contributed by atoms with Gasteiger partial charge in [0.05, 0.1) is 13.1 Å². The van der Waals surface area contributed by atoms with Gasteiger partial charge in [0.1, 0.15) is 0 Å². The largest absolute Gasteiger partial charge is 0.479 e. The molecule has 1 aromatic rings. The monoisotopic (exact) mass is 350 g/mol. The average molecular weight is 351 g/mol. The summed E-state index contributed by atoms with van der Waals surface area (Å²) in [6.07, 6.45) is 0. The summed E-state index contributed by atoms with van der Waals surface area (Å²) in [5.41, 5.74) is -1.97. The minimum absolute atomic E-state index is 0.348. The summed E-state index contributed by atoms with van der Waals surface area (Å²) in [6, 6.07) is 1.47. The van der Waals surface area contributed by atoms with E-state index in [1.54, 1.807) is 7.05 Å². The van der Waals surface area contributed by atoms with E-state index in [0.717, 1.165) is 16.3 Å². The molecular formula is C11H15BrN2O4S. The fourth-order valence-electron chi connectivity index (χ4n) is 1.20. The second-order valence-electron chi connectivity index (χ2n) is 4.33. The molecule has 1 heterocycles. The summed E-state index contributed by atoms with van der Waals surface area (Å²) in [6.45, 7) is 1.20. The lowest BCUT2D eigenvalue weighted by Gasteiger charge is -2.22. The molecular weight excluding hydrogens is 336 g/mol. The highest BCUT2D eigenvalue weighted by Gasteiger charge is 2.30. The van der Waals surface area contributed by atoms with E-state index in [4.69, 9.17) is 5.11 Å². The summed E-state index contributed by atoms with van der Waals surface area (Å²) in [5, 5.41) is 22.5. The Bertz CT molecular complexity index is 475. The van der Waals surface area contributed by atoms with Crippen molar-refractivity contribution in [2.75, 3.05) is 13.6 Å². The van der Waals surface area contributed by atoms with Gasteiger partial charge in [0.25, 0.3) is 0 Å². The van der Waals surface area contributed by atoms with E-state index in [2.05, 4.69) is 21.2 Å². The lowest BCUT2D eigenvalue weighted by molar-refractivity contribution is -0.155. The number of nitrogens with one attached hydrogen (secondary N) is 1. The minimum atomic E-state index is -1.97. The molecule has 1 aromatic heterocycles. The third-order valence-electron chi connectivity index (χ3n) is 2.41. The SMILES string of the molecule is CN(Cc1cc(Br)cs1)C(=O)NCC(C)(O)C(=O)O. The molecule has 1 atom stereocenters. The first-order valence-corrected chi connectivity index (χ1v) is 7.07. The summed E-state index contributed by atoms with van der Waals surface area (Å²) >= 11 is 4.84. The van der Waals surface area contributed by atoms with Gasteiger partial charge in [-0.3, -0.25) is 0 Å². The van der Waals surface area contributed by atoms with E-state index in [9.17, 15) is 14.7 Å². The molecule has 2 amide bonds. The summed E-state index contributed by atoms with van der Waals surface area (Å²) in [4.78, 5) is 24.8. The summed E-state index contributed by atoms with van der Waals surface area (Å²) in [7, 11) is 1.60. The van der Waals surface area contributed by atoms with Crippen molar-refractivity contribution in [2.45, 2.75) is 19.1 Å². The van der Waals surface area contributed by atoms with Crippen LogP contribution in [0.4, 0.5) is 4.79 Å². The van der Waals surface area contributed by atoms with E-state index in [1.807, 2.05) is 11.4 Å². The fraction of sp³-hybridized carbons (Fsp3) is 0.455. The number of carbonyl (C=O) groups is 2. The number of aliphatic carboxylic acids is 1. The number of halogens is 1. The normalized spacial score (nSPS) is 13.7. The van der Waals surface area contributed by atoms with Crippen molar-refractivity contribution in [3.63, 3.8) is 0 Å². The van der Waals surface area contributed by atoms with Crippen molar-refractivity contribution >= 4 is 39.3 Å². The van der Waals surface area contributed by atoms with Gasteiger partial charge >= 0.3 is 12.0 Å². The quantitative estimate of drug-likeness (QED) is 0.750. The number of urea groups is 1. The van der Waals surface area contributed by atoms with Gasteiger partial charge in [0.2, 0.25) is 0 Å². The first-order chi connectivity index (χ1) is 8.72. The van der Waals surface area contributed by atoms with Crippen LogP contribution in [-0.4, -0.2) is 46.3 Å². The van der Waals surface area contributed by atoms with Gasteiger partial charge in [-0.1, -0.05) is 0 Å². The average Bonchev–Trinajstić information content (AvgIpc) is 2.71. The first-order valence-electron chi connectivity index (χ1n) is 5.40. The zero-order valence-electron chi connectivity index (χ0n) is 10.5. The molecule has 0 bridgehead atoms. The minimum Gasteiger partial charge on any atom is -0.479 e. The van der Waals surface area contributed by atoms with Gasteiger partial charge in [0, 0.05) is 21.8 Å². The Morgan fingerprint density at radius 3 is 2.68 bits per heavy atom. The number of rotatable bonds is 5. The van der Waals surface area contributed by atoms with Gasteiger partial charge in [-0.2, -0.15) is 0 Å². The number of carboxylic acid groups (broad SMARTS) is 1. The van der Waals surface area contributed by atoms with Crippen LogP contribution in [0.3, 0.4) is 0 Å². The van der Waals surface area contributed by atoms with Crippen molar-refractivity contribution < 1.29 is 19.8 Å². The maximum absolute atomic E-state index is 11.7. The highest BCUT2D eigenvalue weighted by Crippen LogP contribution is 2.20. The maximum atomic E-state index is 11.7. The van der Waals surface area contributed by atoms with Crippen LogP contribution >= 0.6 is 27.3 Å². The zero-order valence-corrected chi connectivity index (χ0v) is 12.9. The molecule has 19 heavy (non-hydrogen) atoms. The first kappa shape index (κ1) is 15.9. The van der Waals surface area contributed by atoms with Gasteiger partial charge in [-0.05, 0) is 28.9 Å². The Hall–Kier alpha value is -1.12. The molecule has 0 spiro atoms. The number of amides is 2. The standard InChI is InChI=1S/C11H15BrN2O4S/c1-11(18,9(15)16)6-13-10(17)14(2)4-8-3-7(12)5-19-8/h3,5,18H,4,6H2,1-2H3,(H,13,17)(H,15,16). The molecule has 0 radical (unpaired) electrons. The molecule has 1 unspecified atom stereocenters. The number of nitrogens with zero attached hydrogens (tertiary/aromatic N) is 1. The van der Waals surface area contributed by atoms with Crippen LogP contribution in [0.2, 0.25) is 0 Å². The van der Waals surface area contributed by atoms with Crippen LogP contribution < -0.4 is 5.32 Å². The maximum Gasteiger partial charge on any atom is 0.337 e. The predicted molar refractivity (Wildman–Crippen MR) is 75.1 cm³/mol. The number of hydrogen-bond acceptors (Lipinski definition) is 4. The Labute approximate surface area is 123 Å². The van der Waals surface area contributed by atoms with Crippen molar-refractivity contribution in [1.29, 1.82) is 0 Å². The Kier molecular flexibility index (Phi) is 5.33. The number of thiophene rings is 1. The topological polar surface area (TPSA) is 89.9 Å². The molecule has 3 N–H and O–H groups in total. The molecule has 0 aliphatic heterocycles. The van der Waals surface area contributed by atoms with E-state index in [0.29, 0.717) is 6.54 Å². The molecule has 0 aromatic carbocycles. The van der Waals surface area contributed by atoms with Crippen LogP contribution in [0.15, 0.2) is 15.9 Å². The van der Waals surface area contributed by atoms with Crippen LogP contribution in [0.25, 0.3) is 0 Å².